The standard InChI is InChI=1S/C26H21NO7/c1-29-20-6-3-15(9-22(20)30-2)10-24-25(28)17-5-8-19-18(26(17)34-24)12-27(13-31-19)16-4-7-21-23(11-16)33-14-32-21/h3-11H,12-14H2,1-2H3/b24-10-. The van der Waals surface area contributed by atoms with Crippen molar-refractivity contribution in [2.75, 3.05) is 32.6 Å². The monoisotopic (exact) mass is 459 g/mol. The Hall–Kier alpha value is -4.33. The number of carbonyl (C=O) groups is 1. The highest BCUT2D eigenvalue weighted by atomic mass is 16.7. The van der Waals surface area contributed by atoms with Crippen molar-refractivity contribution in [2.24, 2.45) is 0 Å². The van der Waals surface area contributed by atoms with Gasteiger partial charge in [-0.15, -0.1) is 0 Å². The van der Waals surface area contributed by atoms with Gasteiger partial charge in [-0.05, 0) is 48.0 Å². The summed E-state index contributed by atoms with van der Waals surface area (Å²) >= 11 is 0. The van der Waals surface area contributed by atoms with Crippen LogP contribution >= 0.6 is 0 Å². The third-order valence-corrected chi connectivity index (χ3v) is 6.05. The summed E-state index contributed by atoms with van der Waals surface area (Å²) in [6, 6.07) is 14.8. The molecule has 3 aromatic rings. The Bertz CT molecular complexity index is 1350. The zero-order valence-electron chi connectivity index (χ0n) is 18.6. The van der Waals surface area contributed by atoms with Crippen molar-refractivity contribution in [3.05, 3.63) is 71.0 Å². The lowest BCUT2D eigenvalue weighted by atomic mass is 10.0. The molecule has 0 N–H and O–H groups in total. The van der Waals surface area contributed by atoms with E-state index in [4.69, 9.17) is 28.4 Å². The van der Waals surface area contributed by atoms with E-state index in [1.807, 2.05) is 30.3 Å². The molecule has 3 heterocycles. The molecule has 0 saturated heterocycles. The van der Waals surface area contributed by atoms with Gasteiger partial charge in [0.25, 0.3) is 0 Å². The first kappa shape index (κ1) is 20.3. The SMILES string of the molecule is COc1ccc(/C=C2\Oc3c(ccc4c3CN(c3ccc5c(c3)OCO5)CO4)C2=O)cc1OC. The number of ether oxygens (including phenoxy) is 6. The average molecular weight is 459 g/mol. The normalized spacial score (nSPS) is 16.6. The molecule has 34 heavy (non-hydrogen) atoms. The van der Waals surface area contributed by atoms with Crippen LogP contribution in [0.2, 0.25) is 0 Å². The van der Waals surface area contributed by atoms with Crippen LogP contribution in [-0.4, -0.2) is 33.5 Å². The number of benzene rings is 3. The van der Waals surface area contributed by atoms with Gasteiger partial charge in [-0.3, -0.25) is 4.79 Å². The van der Waals surface area contributed by atoms with Crippen LogP contribution in [0.4, 0.5) is 5.69 Å². The fourth-order valence-electron chi connectivity index (χ4n) is 4.30. The number of hydrogen-bond donors (Lipinski definition) is 0. The van der Waals surface area contributed by atoms with E-state index in [0.29, 0.717) is 47.6 Å². The molecular weight excluding hydrogens is 438 g/mol. The van der Waals surface area contributed by atoms with Crippen LogP contribution in [0.25, 0.3) is 6.08 Å². The summed E-state index contributed by atoms with van der Waals surface area (Å²) in [4.78, 5) is 15.2. The average Bonchev–Trinajstić information content (AvgIpc) is 3.47. The number of Topliss-reactive ketones (excluding diaryl/α,β-unsaturated/α-hetero) is 1. The minimum absolute atomic E-state index is 0.173. The summed E-state index contributed by atoms with van der Waals surface area (Å²) < 4.78 is 33.7. The fourth-order valence-corrected chi connectivity index (χ4v) is 4.30. The van der Waals surface area contributed by atoms with Gasteiger partial charge in [-0.1, -0.05) is 6.07 Å². The van der Waals surface area contributed by atoms with Crippen molar-refractivity contribution < 1.29 is 33.2 Å². The first-order valence-electron chi connectivity index (χ1n) is 10.7. The van der Waals surface area contributed by atoms with E-state index in [9.17, 15) is 4.79 Å². The largest absolute Gasteiger partial charge is 0.493 e. The van der Waals surface area contributed by atoms with Crippen LogP contribution in [0, 0.1) is 0 Å². The summed E-state index contributed by atoms with van der Waals surface area (Å²) in [5.41, 5.74) is 3.03. The summed E-state index contributed by atoms with van der Waals surface area (Å²) in [5, 5.41) is 0. The summed E-state index contributed by atoms with van der Waals surface area (Å²) in [5.74, 6) is 3.92. The lowest BCUT2D eigenvalue weighted by Gasteiger charge is -2.31. The highest BCUT2D eigenvalue weighted by Gasteiger charge is 2.34. The molecule has 3 aliphatic heterocycles. The highest BCUT2D eigenvalue weighted by Crippen LogP contribution is 2.44. The van der Waals surface area contributed by atoms with Crippen LogP contribution in [0.15, 0.2) is 54.3 Å². The van der Waals surface area contributed by atoms with E-state index in [1.54, 1.807) is 38.5 Å². The Labute approximate surface area is 195 Å². The molecule has 6 rings (SSSR count). The number of carbonyl (C=O) groups excluding carboxylic acids is 1. The van der Waals surface area contributed by atoms with Gasteiger partial charge in [0.15, 0.2) is 35.5 Å². The van der Waals surface area contributed by atoms with Crippen molar-refractivity contribution >= 4 is 17.5 Å². The second-order valence-corrected chi connectivity index (χ2v) is 7.98. The predicted molar refractivity (Wildman–Crippen MR) is 123 cm³/mol. The minimum Gasteiger partial charge on any atom is -0.493 e. The molecular formula is C26H21NO7. The number of anilines is 1. The van der Waals surface area contributed by atoms with E-state index in [0.717, 1.165) is 22.6 Å². The first-order valence-corrected chi connectivity index (χ1v) is 10.7. The van der Waals surface area contributed by atoms with Crippen LogP contribution < -0.4 is 33.3 Å². The lowest BCUT2D eigenvalue weighted by molar-refractivity contribution is 0.101. The number of rotatable bonds is 4. The highest BCUT2D eigenvalue weighted by molar-refractivity contribution is 6.15. The minimum atomic E-state index is -0.173. The Kier molecular flexibility index (Phi) is 4.72. The van der Waals surface area contributed by atoms with E-state index in [2.05, 4.69) is 4.90 Å². The molecule has 172 valence electrons. The van der Waals surface area contributed by atoms with Gasteiger partial charge < -0.3 is 33.3 Å². The molecule has 0 spiro atoms. The molecule has 8 nitrogen and oxygen atoms in total. The Morgan fingerprint density at radius 2 is 1.71 bits per heavy atom. The van der Waals surface area contributed by atoms with Crippen LogP contribution in [0.1, 0.15) is 21.5 Å². The number of methoxy groups -OCH3 is 2. The molecule has 0 saturated carbocycles. The van der Waals surface area contributed by atoms with E-state index in [-0.39, 0.29) is 18.3 Å². The fraction of sp³-hybridized carbons (Fsp3) is 0.192. The zero-order chi connectivity index (χ0) is 23.2. The molecule has 0 fully saturated rings. The van der Waals surface area contributed by atoms with Gasteiger partial charge in [0.2, 0.25) is 12.6 Å². The molecule has 3 aliphatic rings. The third-order valence-electron chi connectivity index (χ3n) is 6.05. The Morgan fingerprint density at radius 3 is 2.56 bits per heavy atom. The number of fused-ring (bicyclic) bond motifs is 4. The maximum atomic E-state index is 13.1. The molecule has 3 aromatic carbocycles. The molecule has 0 unspecified atom stereocenters. The Morgan fingerprint density at radius 1 is 0.882 bits per heavy atom. The quantitative estimate of drug-likeness (QED) is 0.532. The van der Waals surface area contributed by atoms with E-state index in [1.165, 1.54) is 0 Å². The van der Waals surface area contributed by atoms with Crippen LogP contribution in [0.5, 0.6) is 34.5 Å². The molecule has 0 aliphatic carbocycles. The van der Waals surface area contributed by atoms with Crippen molar-refractivity contribution in [3.8, 4) is 34.5 Å². The predicted octanol–water partition coefficient (Wildman–Crippen LogP) is 4.41. The molecule has 0 bridgehead atoms. The smallest absolute Gasteiger partial charge is 0.231 e. The molecule has 0 amide bonds. The number of nitrogens with zero attached hydrogens (tertiary/aromatic N) is 1. The molecule has 0 aromatic heterocycles. The van der Waals surface area contributed by atoms with Crippen molar-refractivity contribution in [1.29, 1.82) is 0 Å². The van der Waals surface area contributed by atoms with Gasteiger partial charge in [0.05, 0.1) is 31.9 Å². The van der Waals surface area contributed by atoms with Crippen LogP contribution in [0.3, 0.4) is 0 Å². The molecule has 0 radical (unpaired) electrons. The number of hydrogen-bond acceptors (Lipinski definition) is 8. The van der Waals surface area contributed by atoms with Crippen molar-refractivity contribution in [3.63, 3.8) is 0 Å². The number of allylic oxidation sites excluding steroid dienone is 1. The molecule has 0 atom stereocenters. The van der Waals surface area contributed by atoms with E-state index >= 15 is 0 Å². The zero-order valence-corrected chi connectivity index (χ0v) is 18.6. The van der Waals surface area contributed by atoms with Crippen LogP contribution in [-0.2, 0) is 6.54 Å². The van der Waals surface area contributed by atoms with Crippen molar-refractivity contribution in [1.82, 2.24) is 0 Å². The summed E-state index contributed by atoms with van der Waals surface area (Å²) in [6.07, 6.45) is 1.70. The van der Waals surface area contributed by atoms with Gasteiger partial charge >= 0.3 is 0 Å². The van der Waals surface area contributed by atoms with Gasteiger partial charge in [0, 0.05) is 11.8 Å². The van der Waals surface area contributed by atoms with Gasteiger partial charge in [0.1, 0.15) is 11.5 Å². The van der Waals surface area contributed by atoms with Crippen molar-refractivity contribution in [2.45, 2.75) is 6.54 Å². The second kappa shape index (κ2) is 7.91. The Balaban J connectivity index is 1.31. The first-order chi connectivity index (χ1) is 16.6. The number of ketones is 1. The maximum Gasteiger partial charge on any atom is 0.231 e. The van der Waals surface area contributed by atoms with E-state index < -0.39 is 0 Å². The lowest BCUT2D eigenvalue weighted by Crippen LogP contribution is -2.32. The summed E-state index contributed by atoms with van der Waals surface area (Å²) in [6.45, 7) is 1.11. The van der Waals surface area contributed by atoms with Gasteiger partial charge in [-0.25, -0.2) is 0 Å². The van der Waals surface area contributed by atoms with Gasteiger partial charge in [-0.2, -0.15) is 0 Å². The molecule has 8 heteroatoms. The third kappa shape index (κ3) is 3.26. The second-order valence-electron chi connectivity index (χ2n) is 7.98. The maximum absolute atomic E-state index is 13.1. The summed E-state index contributed by atoms with van der Waals surface area (Å²) in [7, 11) is 3.15. The topological polar surface area (TPSA) is 75.7 Å².